The van der Waals surface area contributed by atoms with Gasteiger partial charge in [-0.1, -0.05) is 0 Å². The molecular weight excluding hydrogens is 494 g/mol. The molecule has 2 aliphatic heterocycles. The molecule has 2 N–H and O–H groups in total. The van der Waals surface area contributed by atoms with Crippen molar-refractivity contribution in [2.45, 2.75) is 37.9 Å². The Morgan fingerprint density at radius 2 is 1.92 bits per heavy atom. The minimum atomic E-state index is -4.41. The minimum absolute atomic E-state index is 0.147. The van der Waals surface area contributed by atoms with E-state index in [1.54, 1.807) is 36.0 Å². The van der Waals surface area contributed by atoms with Gasteiger partial charge >= 0.3 is 6.18 Å². The van der Waals surface area contributed by atoms with Crippen LogP contribution in [-0.4, -0.2) is 91.8 Å². The summed E-state index contributed by atoms with van der Waals surface area (Å²) in [5.41, 5.74) is 2.21. The number of aryl methyl sites for hydroxylation is 1. The second-order valence-corrected chi connectivity index (χ2v) is 9.37. The summed E-state index contributed by atoms with van der Waals surface area (Å²) in [5.74, 6) is 0.966. The second-order valence-electron chi connectivity index (χ2n) is 9.37. The van der Waals surface area contributed by atoms with Gasteiger partial charge in [0.15, 0.2) is 11.5 Å². The summed E-state index contributed by atoms with van der Waals surface area (Å²) in [6.07, 6.45) is -3.77. The highest BCUT2D eigenvalue weighted by Gasteiger charge is 2.39. The summed E-state index contributed by atoms with van der Waals surface area (Å²) in [6, 6.07) is 4.91. The Hall–Kier alpha value is -3.52. The van der Waals surface area contributed by atoms with Crippen molar-refractivity contribution in [2.75, 3.05) is 44.0 Å². The van der Waals surface area contributed by atoms with Gasteiger partial charge in [-0.05, 0) is 25.1 Å². The molecule has 6 rings (SSSR count). The van der Waals surface area contributed by atoms with Gasteiger partial charge in [0.2, 0.25) is 5.95 Å². The first-order chi connectivity index (χ1) is 17.7. The summed E-state index contributed by atoms with van der Waals surface area (Å²) >= 11 is 0. The number of pyridine rings is 1. The summed E-state index contributed by atoms with van der Waals surface area (Å²) in [7, 11) is 1.70. The molecule has 0 amide bonds. The third kappa shape index (κ3) is 4.33. The fourth-order valence-electron chi connectivity index (χ4n) is 4.93. The van der Waals surface area contributed by atoms with Crippen molar-refractivity contribution < 1.29 is 22.3 Å². The quantitative estimate of drug-likeness (QED) is 0.376. The number of imidazole rings is 1. The molecule has 6 heterocycles. The van der Waals surface area contributed by atoms with Crippen molar-refractivity contribution in [3.05, 3.63) is 30.2 Å². The van der Waals surface area contributed by atoms with E-state index in [0.29, 0.717) is 54.4 Å². The van der Waals surface area contributed by atoms with Crippen molar-refractivity contribution in [1.82, 2.24) is 34.0 Å². The van der Waals surface area contributed by atoms with E-state index in [1.165, 1.54) is 6.92 Å². The SMILES string of the molecule is CNc1nc(N[C@@H]2CN(C3COC3)C[C@@H]2F)nn2ccc(-c3ccc4nc(C)n(CC(F)(F)F)c4n3)c12. The Morgan fingerprint density at radius 3 is 2.62 bits per heavy atom. The van der Waals surface area contributed by atoms with E-state index in [0.717, 1.165) is 4.57 Å². The molecule has 4 aromatic heterocycles. The number of nitrogens with zero attached hydrogens (tertiary/aromatic N) is 7. The molecule has 37 heavy (non-hydrogen) atoms. The average molecular weight is 520 g/mol. The molecule has 0 spiro atoms. The van der Waals surface area contributed by atoms with Crippen LogP contribution in [0.4, 0.5) is 29.3 Å². The van der Waals surface area contributed by atoms with Crippen molar-refractivity contribution in [3.8, 4) is 11.3 Å². The number of alkyl halides is 4. The minimum Gasteiger partial charge on any atom is -0.378 e. The van der Waals surface area contributed by atoms with Crippen LogP contribution in [0.3, 0.4) is 0 Å². The van der Waals surface area contributed by atoms with Gasteiger partial charge in [-0.3, -0.25) is 4.90 Å². The summed E-state index contributed by atoms with van der Waals surface area (Å²) < 4.78 is 62.1. The van der Waals surface area contributed by atoms with Crippen LogP contribution in [-0.2, 0) is 11.3 Å². The third-order valence-electron chi connectivity index (χ3n) is 6.87. The van der Waals surface area contributed by atoms with E-state index in [4.69, 9.17) is 4.74 Å². The number of ether oxygens (including phenoxy) is 1. The highest BCUT2D eigenvalue weighted by atomic mass is 19.4. The zero-order chi connectivity index (χ0) is 25.9. The Labute approximate surface area is 208 Å². The summed E-state index contributed by atoms with van der Waals surface area (Å²) in [6.45, 7) is 2.44. The van der Waals surface area contributed by atoms with Crippen molar-refractivity contribution >= 4 is 28.4 Å². The molecule has 196 valence electrons. The number of rotatable bonds is 6. The van der Waals surface area contributed by atoms with Gasteiger partial charge in [-0.15, -0.1) is 5.10 Å². The number of likely N-dealkylation sites (tertiary alicyclic amines) is 1. The van der Waals surface area contributed by atoms with E-state index < -0.39 is 24.9 Å². The predicted molar refractivity (Wildman–Crippen MR) is 128 cm³/mol. The van der Waals surface area contributed by atoms with Gasteiger partial charge in [0.05, 0.1) is 31.0 Å². The third-order valence-corrected chi connectivity index (χ3v) is 6.87. The monoisotopic (exact) mass is 519 g/mol. The number of hydrogen-bond acceptors (Lipinski definition) is 8. The lowest BCUT2D eigenvalue weighted by atomic mass is 10.2. The molecule has 2 saturated heterocycles. The maximum Gasteiger partial charge on any atom is 0.406 e. The fraction of sp³-hybridized carbons (Fsp3) is 0.478. The Kier molecular flexibility index (Phi) is 5.67. The number of halogens is 4. The van der Waals surface area contributed by atoms with E-state index in [9.17, 15) is 17.6 Å². The normalized spacial score (nSPS) is 21.1. The van der Waals surface area contributed by atoms with Gasteiger partial charge in [-0.2, -0.15) is 18.2 Å². The largest absolute Gasteiger partial charge is 0.406 e. The first-order valence-corrected chi connectivity index (χ1v) is 11.9. The number of anilines is 2. The van der Waals surface area contributed by atoms with Crippen LogP contribution < -0.4 is 10.6 Å². The van der Waals surface area contributed by atoms with Crippen LogP contribution in [0, 0.1) is 6.92 Å². The Morgan fingerprint density at radius 1 is 1.11 bits per heavy atom. The molecule has 0 radical (unpaired) electrons. The Bertz CT molecular complexity index is 1460. The molecular formula is C23H25F4N9O. The maximum absolute atomic E-state index is 14.7. The van der Waals surface area contributed by atoms with Crippen LogP contribution >= 0.6 is 0 Å². The van der Waals surface area contributed by atoms with Crippen molar-refractivity contribution in [1.29, 1.82) is 0 Å². The van der Waals surface area contributed by atoms with Crippen LogP contribution in [0.5, 0.6) is 0 Å². The number of aromatic nitrogens is 6. The number of nitrogens with one attached hydrogen (secondary N) is 2. The van der Waals surface area contributed by atoms with Crippen LogP contribution in [0.15, 0.2) is 24.4 Å². The molecule has 2 atom stereocenters. The molecule has 0 saturated carbocycles. The lowest BCUT2D eigenvalue weighted by Gasteiger charge is -2.34. The lowest BCUT2D eigenvalue weighted by Crippen LogP contribution is -2.48. The summed E-state index contributed by atoms with van der Waals surface area (Å²) in [5, 5.41) is 10.7. The van der Waals surface area contributed by atoms with E-state index in [-0.39, 0.29) is 23.5 Å². The van der Waals surface area contributed by atoms with E-state index >= 15 is 0 Å². The van der Waals surface area contributed by atoms with E-state index in [1.807, 2.05) is 0 Å². The molecule has 0 aliphatic carbocycles. The number of hydrogen-bond donors (Lipinski definition) is 2. The average Bonchev–Trinajstić information content (AvgIpc) is 3.47. The molecule has 2 aliphatic rings. The molecule has 2 fully saturated rings. The zero-order valence-corrected chi connectivity index (χ0v) is 20.1. The van der Waals surface area contributed by atoms with Gasteiger partial charge in [0, 0.05) is 31.9 Å². The fourth-order valence-corrected chi connectivity index (χ4v) is 4.93. The maximum atomic E-state index is 14.7. The van der Waals surface area contributed by atoms with Gasteiger partial charge in [-0.25, -0.2) is 18.9 Å². The summed E-state index contributed by atoms with van der Waals surface area (Å²) in [4.78, 5) is 15.4. The number of fused-ring (bicyclic) bond motifs is 2. The predicted octanol–water partition coefficient (Wildman–Crippen LogP) is 2.89. The van der Waals surface area contributed by atoms with Gasteiger partial charge in [0.25, 0.3) is 0 Å². The highest BCUT2D eigenvalue weighted by molar-refractivity contribution is 5.89. The van der Waals surface area contributed by atoms with Crippen LogP contribution in [0.25, 0.3) is 27.9 Å². The topological polar surface area (TPSA) is 97.4 Å². The van der Waals surface area contributed by atoms with Crippen LogP contribution in [0.2, 0.25) is 0 Å². The van der Waals surface area contributed by atoms with Crippen molar-refractivity contribution in [3.63, 3.8) is 0 Å². The molecule has 0 aromatic carbocycles. The van der Waals surface area contributed by atoms with Crippen LogP contribution in [0.1, 0.15) is 5.82 Å². The Balaban J connectivity index is 1.33. The standard InChI is InChI=1S/C23H25F4N9O/c1-12-29-17-4-3-16(30-21(17)35(12)11-23(25,26)27)14-5-6-36-19(14)20(28-2)32-22(33-36)31-18-8-34(7-15(18)24)13-9-37-10-13/h3-6,13,15,18H,7-11H2,1-2H3,(H2,28,31,32,33)/t15-,18+/m0/s1. The van der Waals surface area contributed by atoms with Crippen molar-refractivity contribution in [2.24, 2.45) is 0 Å². The highest BCUT2D eigenvalue weighted by Crippen LogP contribution is 2.31. The molecule has 10 nitrogen and oxygen atoms in total. The second kappa shape index (κ2) is 8.80. The van der Waals surface area contributed by atoms with E-state index in [2.05, 4.69) is 35.6 Å². The molecule has 14 heteroatoms. The molecule has 0 bridgehead atoms. The first kappa shape index (κ1) is 23.9. The molecule has 0 unspecified atom stereocenters. The van der Waals surface area contributed by atoms with Gasteiger partial charge < -0.3 is 19.9 Å². The lowest BCUT2D eigenvalue weighted by molar-refractivity contribution is -0.140. The first-order valence-electron chi connectivity index (χ1n) is 11.9. The van der Waals surface area contributed by atoms with Gasteiger partial charge in [0.1, 0.15) is 29.6 Å². The molecule has 4 aromatic rings. The smallest absolute Gasteiger partial charge is 0.378 e. The zero-order valence-electron chi connectivity index (χ0n) is 20.1.